The molecule has 3 heteroatoms. The third-order valence-corrected chi connectivity index (χ3v) is 2.48. The maximum absolute atomic E-state index is 11.1. The molecule has 2 unspecified atom stereocenters. The van der Waals surface area contributed by atoms with Crippen LogP contribution in [0, 0.1) is 5.92 Å². The second kappa shape index (κ2) is 8.34. The van der Waals surface area contributed by atoms with Crippen LogP contribution in [0.3, 0.4) is 0 Å². The lowest BCUT2D eigenvalue weighted by molar-refractivity contribution is -0.142. The van der Waals surface area contributed by atoms with Crippen LogP contribution in [-0.4, -0.2) is 23.8 Å². The number of aliphatic hydroxyl groups excluding tert-OH is 1. The highest BCUT2D eigenvalue weighted by Crippen LogP contribution is 2.14. The third-order valence-electron chi connectivity index (χ3n) is 2.48. The van der Waals surface area contributed by atoms with Gasteiger partial charge in [-0.25, -0.2) is 4.79 Å². The molecule has 0 saturated carbocycles. The lowest BCUT2D eigenvalue weighted by Gasteiger charge is -2.16. The van der Waals surface area contributed by atoms with Gasteiger partial charge in [0.1, 0.15) is 6.61 Å². The summed E-state index contributed by atoms with van der Waals surface area (Å²) in [5, 5.41) is 9.64. The Morgan fingerprint density at radius 1 is 1.50 bits per heavy atom. The molecule has 3 nitrogen and oxygen atoms in total. The molecule has 0 saturated heterocycles. The summed E-state index contributed by atoms with van der Waals surface area (Å²) in [5.41, 5.74) is 0.367. The van der Waals surface area contributed by atoms with Gasteiger partial charge in [0.05, 0.1) is 6.10 Å². The van der Waals surface area contributed by atoms with E-state index in [1.54, 1.807) is 6.92 Å². The van der Waals surface area contributed by atoms with Crippen molar-refractivity contribution in [1.82, 2.24) is 0 Å². The number of hydrogen-bond donors (Lipinski definition) is 1. The second-order valence-corrected chi connectivity index (χ2v) is 4.52. The van der Waals surface area contributed by atoms with Gasteiger partial charge < -0.3 is 9.84 Å². The summed E-state index contributed by atoms with van der Waals surface area (Å²) >= 11 is 0. The van der Waals surface area contributed by atoms with Crippen LogP contribution in [0.1, 0.15) is 46.5 Å². The van der Waals surface area contributed by atoms with E-state index in [-0.39, 0.29) is 6.61 Å². The van der Waals surface area contributed by atoms with Crippen LogP contribution in [0.25, 0.3) is 0 Å². The van der Waals surface area contributed by atoms with Gasteiger partial charge in [0.25, 0.3) is 0 Å². The van der Waals surface area contributed by atoms with Gasteiger partial charge in [-0.1, -0.05) is 39.7 Å². The minimum atomic E-state index is -0.560. The summed E-state index contributed by atoms with van der Waals surface area (Å²) < 4.78 is 4.88. The highest BCUT2D eigenvalue weighted by Gasteiger charge is 2.12. The van der Waals surface area contributed by atoms with Crippen LogP contribution in [0.15, 0.2) is 12.2 Å². The lowest BCUT2D eigenvalue weighted by Crippen LogP contribution is -2.21. The van der Waals surface area contributed by atoms with E-state index in [2.05, 4.69) is 20.4 Å². The maximum Gasteiger partial charge on any atom is 0.333 e. The molecule has 0 amide bonds. The zero-order valence-corrected chi connectivity index (χ0v) is 10.7. The smallest absolute Gasteiger partial charge is 0.333 e. The van der Waals surface area contributed by atoms with E-state index in [4.69, 9.17) is 4.74 Å². The van der Waals surface area contributed by atoms with Gasteiger partial charge in [0.2, 0.25) is 0 Å². The highest BCUT2D eigenvalue weighted by molar-refractivity contribution is 5.86. The highest BCUT2D eigenvalue weighted by atomic mass is 16.5. The number of unbranched alkanes of at least 4 members (excludes halogenated alkanes) is 1. The number of carbonyl (C=O) groups excluding carboxylic acids is 1. The molecule has 0 fully saturated rings. The van der Waals surface area contributed by atoms with E-state index >= 15 is 0 Å². The zero-order valence-electron chi connectivity index (χ0n) is 10.7. The predicted octanol–water partition coefficient (Wildman–Crippen LogP) is 2.68. The quantitative estimate of drug-likeness (QED) is 0.513. The Balaban J connectivity index is 3.69. The molecule has 1 N–H and O–H groups in total. The van der Waals surface area contributed by atoms with Crippen molar-refractivity contribution >= 4 is 5.97 Å². The molecule has 0 spiro atoms. The van der Waals surface area contributed by atoms with Crippen LogP contribution in [0.2, 0.25) is 0 Å². The van der Waals surface area contributed by atoms with Crippen LogP contribution in [0.5, 0.6) is 0 Å². The van der Waals surface area contributed by atoms with Crippen molar-refractivity contribution in [1.29, 1.82) is 0 Å². The average Bonchev–Trinajstić information content (AvgIpc) is 2.22. The molecule has 0 aliphatic carbocycles. The fourth-order valence-electron chi connectivity index (χ4n) is 1.50. The normalized spacial score (nSPS) is 14.2. The predicted molar refractivity (Wildman–Crippen MR) is 65.1 cm³/mol. The van der Waals surface area contributed by atoms with E-state index < -0.39 is 12.1 Å². The van der Waals surface area contributed by atoms with E-state index in [1.807, 2.05) is 0 Å². The first-order valence-corrected chi connectivity index (χ1v) is 5.98. The minimum absolute atomic E-state index is 0.0716. The third kappa shape index (κ3) is 7.46. The van der Waals surface area contributed by atoms with Crippen molar-refractivity contribution < 1.29 is 14.6 Å². The standard InChI is InChI=1S/C13H24O3/c1-5-6-7-11(4)8-12(14)9-16-13(15)10(2)3/h11-12,14H,2,5-9H2,1,3-4H3. The van der Waals surface area contributed by atoms with Gasteiger partial charge in [-0.05, 0) is 19.3 Å². The van der Waals surface area contributed by atoms with Crippen molar-refractivity contribution in [2.24, 2.45) is 5.92 Å². The van der Waals surface area contributed by atoms with Crippen molar-refractivity contribution in [2.45, 2.75) is 52.6 Å². The lowest BCUT2D eigenvalue weighted by atomic mass is 9.98. The molecule has 0 aromatic rings. The van der Waals surface area contributed by atoms with E-state index in [1.165, 1.54) is 12.8 Å². The summed E-state index contributed by atoms with van der Waals surface area (Å²) in [5.74, 6) is 0.0405. The van der Waals surface area contributed by atoms with Crippen molar-refractivity contribution in [3.63, 3.8) is 0 Å². The molecule has 0 aromatic heterocycles. The Labute approximate surface area is 98.5 Å². The number of ether oxygens (including phenoxy) is 1. The molecule has 16 heavy (non-hydrogen) atoms. The fourth-order valence-corrected chi connectivity index (χ4v) is 1.50. The summed E-state index contributed by atoms with van der Waals surface area (Å²) in [6.45, 7) is 9.41. The van der Waals surface area contributed by atoms with Crippen LogP contribution in [0.4, 0.5) is 0 Å². The van der Waals surface area contributed by atoms with E-state index in [9.17, 15) is 9.90 Å². The first-order valence-electron chi connectivity index (χ1n) is 5.98. The second-order valence-electron chi connectivity index (χ2n) is 4.52. The number of carbonyl (C=O) groups is 1. The van der Waals surface area contributed by atoms with Crippen LogP contribution >= 0.6 is 0 Å². The first kappa shape index (κ1) is 15.2. The van der Waals surface area contributed by atoms with E-state index in [0.29, 0.717) is 17.9 Å². The number of hydrogen-bond acceptors (Lipinski definition) is 3. The molecule has 0 aromatic carbocycles. The summed E-state index contributed by atoms with van der Waals surface area (Å²) in [7, 11) is 0. The zero-order chi connectivity index (χ0) is 12.6. The molecule has 0 aliphatic heterocycles. The Morgan fingerprint density at radius 2 is 2.12 bits per heavy atom. The van der Waals surface area contributed by atoms with Crippen molar-refractivity contribution in [2.75, 3.05) is 6.61 Å². The minimum Gasteiger partial charge on any atom is -0.460 e. The van der Waals surface area contributed by atoms with Gasteiger partial charge in [-0.3, -0.25) is 0 Å². The largest absolute Gasteiger partial charge is 0.460 e. The topological polar surface area (TPSA) is 46.5 Å². The van der Waals surface area contributed by atoms with E-state index in [0.717, 1.165) is 6.42 Å². The van der Waals surface area contributed by atoms with Gasteiger partial charge in [-0.15, -0.1) is 0 Å². The molecule has 0 radical (unpaired) electrons. The molecular formula is C13H24O3. The fraction of sp³-hybridized carbons (Fsp3) is 0.769. The molecule has 0 rings (SSSR count). The SMILES string of the molecule is C=C(C)C(=O)OCC(O)CC(C)CCCC. The Bertz CT molecular complexity index is 223. The molecule has 2 atom stereocenters. The van der Waals surface area contributed by atoms with Crippen molar-refractivity contribution in [3.05, 3.63) is 12.2 Å². The summed E-state index contributed by atoms with van der Waals surface area (Å²) in [6.07, 6.45) is 3.59. The van der Waals surface area contributed by atoms with Gasteiger partial charge in [0, 0.05) is 5.57 Å². The maximum atomic E-state index is 11.1. The van der Waals surface area contributed by atoms with Gasteiger partial charge in [-0.2, -0.15) is 0 Å². The molecule has 0 aliphatic rings. The van der Waals surface area contributed by atoms with Gasteiger partial charge >= 0.3 is 5.97 Å². The average molecular weight is 228 g/mol. The van der Waals surface area contributed by atoms with Crippen molar-refractivity contribution in [3.8, 4) is 0 Å². The molecule has 94 valence electrons. The molecular weight excluding hydrogens is 204 g/mol. The van der Waals surface area contributed by atoms with Gasteiger partial charge in [0.15, 0.2) is 0 Å². The number of esters is 1. The Kier molecular flexibility index (Phi) is 7.90. The summed E-state index contributed by atoms with van der Waals surface area (Å²) in [4.78, 5) is 11.1. The van der Waals surface area contributed by atoms with Crippen LogP contribution in [-0.2, 0) is 9.53 Å². The number of aliphatic hydroxyl groups is 1. The first-order chi connectivity index (χ1) is 7.47. The number of rotatable bonds is 8. The van der Waals surface area contributed by atoms with Crippen LogP contribution < -0.4 is 0 Å². The Morgan fingerprint density at radius 3 is 2.62 bits per heavy atom. The monoisotopic (exact) mass is 228 g/mol. The molecule has 0 bridgehead atoms. The Hall–Kier alpha value is -0.830. The summed E-state index contributed by atoms with van der Waals surface area (Å²) in [6, 6.07) is 0. The molecule has 0 heterocycles.